The minimum atomic E-state index is -1.11. The summed E-state index contributed by atoms with van der Waals surface area (Å²) in [4.78, 5) is 36.6. The number of hydrogen-bond acceptors (Lipinski definition) is 4. The third-order valence-electron chi connectivity index (χ3n) is 6.14. The van der Waals surface area contributed by atoms with Crippen molar-refractivity contribution in [2.45, 2.75) is 51.6 Å². The maximum atomic E-state index is 12.7. The molecule has 0 aliphatic heterocycles. The van der Waals surface area contributed by atoms with Crippen molar-refractivity contribution in [1.82, 2.24) is 10.6 Å². The Bertz CT molecular complexity index is 944. The Morgan fingerprint density at radius 1 is 0.938 bits per heavy atom. The van der Waals surface area contributed by atoms with Crippen molar-refractivity contribution in [2.24, 2.45) is 5.92 Å². The van der Waals surface area contributed by atoms with Crippen LogP contribution in [0.15, 0.2) is 48.5 Å². The monoisotopic (exact) mass is 438 g/mol. The number of nitrogens with one attached hydrogen (secondary N) is 2. The van der Waals surface area contributed by atoms with Gasteiger partial charge in [-0.1, -0.05) is 75.7 Å². The highest BCUT2D eigenvalue weighted by molar-refractivity contribution is 5.89. The van der Waals surface area contributed by atoms with E-state index in [0.29, 0.717) is 6.42 Å². The van der Waals surface area contributed by atoms with Crippen molar-refractivity contribution in [1.29, 1.82) is 0 Å². The molecular formula is C25H30N2O5. The van der Waals surface area contributed by atoms with Crippen molar-refractivity contribution in [3.8, 4) is 11.1 Å². The predicted octanol–water partition coefficient (Wildman–Crippen LogP) is 3.92. The van der Waals surface area contributed by atoms with Gasteiger partial charge in [-0.15, -0.1) is 0 Å². The summed E-state index contributed by atoms with van der Waals surface area (Å²) in [6.45, 7) is 5.55. The van der Waals surface area contributed by atoms with Gasteiger partial charge >= 0.3 is 12.1 Å². The molecule has 0 radical (unpaired) electrons. The lowest BCUT2D eigenvalue weighted by Crippen LogP contribution is -2.54. The van der Waals surface area contributed by atoms with Gasteiger partial charge in [-0.2, -0.15) is 0 Å². The van der Waals surface area contributed by atoms with Crippen molar-refractivity contribution < 1.29 is 24.2 Å². The van der Waals surface area contributed by atoms with Crippen LogP contribution in [0.3, 0.4) is 0 Å². The third kappa shape index (κ3) is 4.93. The number of hydrogen-bond donors (Lipinski definition) is 3. The molecule has 2 aromatic rings. The number of carbonyl (C=O) groups is 3. The van der Waals surface area contributed by atoms with Gasteiger partial charge in [0, 0.05) is 5.92 Å². The van der Waals surface area contributed by atoms with E-state index in [0.717, 1.165) is 22.3 Å². The summed E-state index contributed by atoms with van der Waals surface area (Å²) < 4.78 is 5.55. The minimum absolute atomic E-state index is 0.0829. The Labute approximate surface area is 188 Å². The summed E-state index contributed by atoms with van der Waals surface area (Å²) >= 11 is 0. The van der Waals surface area contributed by atoms with Gasteiger partial charge in [0.05, 0.1) is 0 Å². The largest absolute Gasteiger partial charge is 0.480 e. The summed E-state index contributed by atoms with van der Waals surface area (Å²) in [6, 6.07) is 14.2. The number of benzene rings is 2. The summed E-state index contributed by atoms with van der Waals surface area (Å²) in [5, 5.41) is 14.4. The lowest BCUT2D eigenvalue weighted by molar-refractivity contribution is -0.142. The Balaban J connectivity index is 1.68. The third-order valence-corrected chi connectivity index (χ3v) is 6.14. The fourth-order valence-corrected chi connectivity index (χ4v) is 4.07. The molecule has 2 amide bonds. The first kappa shape index (κ1) is 23.3. The van der Waals surface area contributed by atoms with E-state index in [1.807, 2.05) is 50.2 Å². The van der Waals surface area contributed by atoms with Crippen LogP contribution >= 0.6 is 0 Å². The molecule has 1 aliphatic rings. The van der Waals surface area contributed by atoms with Gasteiger partial charge in [0.1, 0.15) is 18.7 Å². The van der Waals surface area contributed by atoms with Gasteiger partial charge in [-0.05, 0) is 34.6 Å². The minimum Gasteiger partial charge on any atom is -0.480 e. The molecule has 170 valence electrons. The highest BCUT2D eigenvalue weighted by Gasteiger charge is 2.32. The van der Waals surface area contributed by atoms with Crippen LogP contribution in [0.25, 0.3) is 11.1 Å². The highest BCUT2D eigenvalue weighted by atomic mass is 16.5. The molecule has 0 aromatic heterocycles. The van der Waals surface area contributed by atoms with Crippen LogP contribution in [0.4, 0.5) is 4.79 Å². The van der Waals surface area contributed by atoms with E-state index in [-0.39, 0.29) is 24.9 Å². The molecule has 0 fully saturated rings. The molecular weight excluding hydrogens is 408 g/mol. The molecule has 3 rings (SSSR count). The Kier molecular flexibility index (Phi) is 7.51. The molecule has 0 heterocycles. The van der Waals surface area contributed by atoms with Gasteiger partial charge in [-0.3, -0.25) is 4.79 Å². The number of amides is 2. The van der Waals surface area contributed by atoms with Gasteiger partial charge in [-0.25, -0.2) is 9.59 Å². The normalized spacial score (nSPS) is 15.1. The van der Waals surface area contributed by atoms with E-state index in [2.05, 4.69) is 22.8 Å². The summed E-state index contributed by atoms with van der Waals surface area (Å²) in [5.74, 6) is -1.91. The van der Waals surface area contributed by atoms with Crippen molar-refractivity contribution in [3.63, 3.8) is 0 Å². The molecule has 2 aromatic carbocycles. The number of alkyl carbamates (subject to hydrolysis) is 1. The van der Waals surface area contributed by atoms with Crippen LogP contribution in [-0.2, 0) is 14.3 Å². The maximum Gasteiger partial charge on any atom is 0.407 e. The zero-order valence-corrected chi connectivity index (χ0v) is 18.6. The number of aliphatic carboxylic acids is 1. The van der Waals surface area contributed by atoms with E-state index in [1.165, 1.54) is 0 Å². The SMILES string of the molecule is CCC(C)C(NC(=O)OCC1c2ccccc2-c2ccccc21)C(=O)N[C@@H](CC)C(=O)O. The first-order valence-corrected chi connectivity index (χ1v) is 11.0. The van der Waals surface area contributed by atoms with E-state index in [1.54, 1.807) is 6.92 Å². The second-order valence-corrected chi connectivity index (χ2v) is 8.14. The first-order chi connectivity index (χ1) is 15.4. The standard InChI is InChI=1S/C25H30N2O5/c1-4-15(3)22(23(28)26-21(5-2)24(29)30)27-25(31)32-14-20-18-12-8-6-10-16(18)17-11-7-9-13-19(17)20/h6-13,15,20-22H,4-5,14H2,1-3H3,(H,26,28)(H,27,31)(H,29,30)/t15?,21-,22?/m0/s1. The molecule has 2 unspecified atom stereocenters. The molecule has 0 bridgehead atoms. The molecule has 7 nitrogen and oxygen atoms in total. The summed E-state index contributed by atoms with van der Waals surface area (Å²) in [5.41, 5.74) is 4.47. The Hall–Kier alpha value is -3.35. The quantitative estimate of drug-likeness (QED) is 0.550. The van der Waals surface area contributed by atoms with E-state index in [9.17, 15) is 19.5 Å². The van der Waals surface area contributed by atoms with Crippen LogP contribution in [0.5, 0.6) is 0 Å². The average Bonchev–Trinajstić information content (AvgIpc) is 3.12. The number of carboxylic acids is 1. The number of ether oxygens (including phenoxy) is 1. The Morgan fingerprint density at radius 3 is 2.00 bits per heavy atom. The first-order valence-electron chi connectivity index (χ1n) is 11.0. The second-order valence-electron chi connectivity index (χ2n) is 8.14. The van der Waals surface area contributed by atoms with E-state index < -0.39 is 30.1 Å². The maximum absolute atomic E-state index is 12.7. The van der Waals surface area contributed by atoms with Gasteiger partial charge < -0.3 is 20.5 Å². The van der Waals surface area contributed by atoms with Crippen LogP contribution in [0.1, 0.15) is 50.7 Å². The second kappa shape index (κ2) is 10.3. The van der Waals surface area contributed by atoms with Crippen LogP contribution in [0.2, 0.25) is 0 Å². The molecule has 0 saturated heterocycles. The van der Waals surface area contributed by atoms with Crippen molar-refractivity contribution in [3.05, 3.63) is 59.7 Å². The molecule has 32 heavy (non-hydrogen) atoms. The smallest absolute Gasteiger partial charge is 0.407 e. The Morgan fingerprint density at radius 2 is 1.50 bits per heavy atom. The topological polar surface area (TPSA) is 105 Å². The lowest BCUT2D eigenvalue weighted by atomic mass is 9.98. The van der Waals surface area contributed by atoms with Crippen LogP contribution in [0, 0.1) is 5.92 Å². The van der Waals surface area contributed by atoms with E-state index in [4.69, 9.17) is 4.74 Å². The lowest BCUT2D eigenvalue weighted by Gasteiger charge is -2.25. The molecule has 0 saturated carbocycles. The molecule has 1 aliphatic carbocycles. The van der Waals surface area contributed by atoms with Crippen LogP contribution in [-0.4, -0.2) is 41.8 Å². The van der Waals surface area contributed by atoms with Crippen LogP contribution < -0.4 is 10.6 Å². The molecule has 3 N–H and O–H groups in total. The van der Waals surface area contributed by atoms with Gasteiger partial charge in [0.15, 0.2) is 0 Å². The van der Waals surface area contributed by atoms with Gasteiger partial charge in [0.25, 0.3) is 0 Å². The summed E-state index contributed by atoms with van der Waals surface area (Å²) in [7, 11) is 0. The fourth-order valence-electron chi connectivity index (χ4n) is 4.07. The fraction of sp³-hybridized carbons (Fsp3) is 0.400. The number of carbonyl (C=O) groups excluding carboxylic acids is 2. The van der Waals surface area contributed by atoms with Crippen molar-refractivity contribution in [2.75, 3.05) is 6.61 Å². The number of rotatable bonds is 9. The zero-order chi connectivity index (χ0) is 23.3. The highest BCUT2D eigenvalue weighted by Crippen LogP contribution is 2.44. The molecule has 0 spiro atoms. The molecule has 3 atom stereocenters. The number of carboxylic acid groups (broad SMARTS) is 1. The average molecular weight is 439 g/mol. The summed E-state index contributed by atoms with van der Waals surface area (Å²) in [6.07, 6.45) is 0.181. The number of fused-ring (bicyclic) bond motifs is 3. The van der Waals surface area contributed by atoms with E-state index >= 15 is 0 Å². The molecule has 7 heteroatoms. The van der Waals surface area contributed by atoms with Gasteiger partial charge in [0.2, 0.25) is 5.91 Å². The van der Waals surface area contributed by atoms with Crippen molar-refractivity contribution >= 4 is 18.0 Å². The predicted molar refractivity (Wildman–Crippen MR) is 121 cm³/mol. The zero-order valence-electron chi connectivity index (χ0n) is 18.6.